The molecule has 0 saturated carbocycles. The van der Waals surface area contributed by atoms with Crippen LogP contribution < -0.4 is 9.80 Å². The van der Waals surface area contributed by atoms with Crippen molar-refractivity contribution < 1.29 is 4.79 Å². The lowest BCUT2D eigenvalue weighted by atomic mass is 10.1. The van der Waals surface area contributed by atoms with Crippen LogP contribution >= 0.6 is 11.5 Å². The van der Waals surface area contributed by atoms with Gasteiger partial charge < -0.3 is 9.80 Å². The predicted octanol–water partition coefficient (Wildman–Crippen LogP) is 3.18. The van der Waals surface area contributed by atoms with E-state index < -0.39 is 0 Å². The Bertz CT molecular complexity index is 1020. The number of aromatic nitrogens is 1. The summed E-state index contributed by atoms with van der Waals surface area (Å²) >= 11 is 1.59. The van der Waals surface area contributed by atoms with Crippen molar-refractivity contribution in [2.75, 3.05) is 49.6 Å². The summed E-state index contributed by atoms with van der Waals surface area (Å²) in [5, 5.41) is 1.28. The zero-order valence-corrected chi connectivity index (χ0v) is 16.9. The molecule has 5 rings (SSSR count). The largest absolute Gasteiger partial charge is 0.353 e. The zero-order valence-electron chi connectivity index (χ0n) is 16.1. The first-order chi connectivity index (χ1) is 13.7. The van der Waals surface area contributed by atoms with Crippen LogP contribution in [-0.2, 0) is 17.6 Å². The second-order valence-corrected chi connectivity index (χ2v) is 8.48. The van der Waals surface area contributed by atoms with Crippen LogP contribution in [0, 0.1) is 0 Å². The third-order valence-electron chi connectivity index (χ3n) is 5.97. The van der Waals surface area contributed by atoms with Gasteiger partial charge in [-0.1, -0.05) is 24.3 Å². The van der Waals surface area contributed by atoms with E-state index in [1.807, 2.05) is 7.05 Å². The molecule has 2 aliphatic rings. The number of anilines is 2. The molecular formula is C22H24N4OS. The van der Waals surface area contributed by atoms with Crippen molar-refractivity contribution in [3.05, 3.63) is 53.6 Å². The Morgan fingerprint density at radius 3 is 2.75 bits per heavy atom. The molecule has 5 nitrogen and oxygen atoms in total. The van der Waals surface area contributed by atoms with E-state index in [4.69, 9.17) is 4.37 Å². The maximum absolute atomic E-state index is 11.9. The van der Waals surface area contributed by atoms with Gasteiger partial charge in [-0.3, -0.25) is 9.69 Å². The number of hydrogen-bond donors (Lipinski definition) is 0. The minimum Gasteiger partial charge on any atom is -0.353 e. The van der Waals surface area contributed by atoms with Crippen LogP contribution in [-0.4, -0.2) is 55.0 Å². The molecule has 144 valence electrons. The van der Waals surface area contributed by atoms with E-state index >= 15 is 0 Å². The van der Waals surface area contributed by atoms with Crippen molar-refractivity contribution in [2.45, 2.75) is 12.8 Å². The van der Waals surface area contributed by atoms with Gasteiger partial charge in [0.05, 0.1) is 11.1 Å². The number of rotatable bonds is 4. The van der Waals surface area contributed by atoms with Crippen LogP contribution in [0.4, 0.5) is 11.5 Å². The molecule has 1 saturated heterocycles. The summed E-state index contributed by atoms with van der Waals surface area (Å²) < 4.78 is 5.97. The Kier molecular flexibility index (Phi) is 4.53. The van der Waals surface area contributed by atoms with Crippen molar-refractivity contribution in [1.82, 2.24) is 9.27 Å². The first-order valence-corrected chi connectivity index (χ1v) is 10.7. The third-order valence-corrected chi connectivity index (χ3v) is 6.78. The van der Waals surface area contributed by atoms with Crippen molar-refractivity contribution in [3.8, 4) is 0 Å². The number of piperazine rings is 1. The highest BCUT2D eigenvalue weighted by Gasteiger charge is 2.24. The molecule has 1 aromatic heterocycles. The predicted molar refractivity (Wildman–Crippen MR) is 116 cm³/mol. The quantitative estimate of drug-likeness (QED) is 0.684. The van der Waals surface area contributed by atoms with E-state index in [-0.39, 0.29) is 5.91 Å². The van der Waals surface area contributed by atoms with E-state index in [1.54, 1.807) is 16.4 Å². The maximum atomic E-state index is 11.9. The lowest BCUT2D eigenvalue weighted by Gasteiger charge is -2.35. The summed E-state index contributed by atoms with van der Waals surface area (Å²) in [4.78, 5) is 18.6. The molecule has 0 atom stereocenters. The summed E-state index contributed by atoms with van der Waals surface area (Å²) in [5.41, 5.74) is 3.57. The van der Waals surface area contributed by atoms with Crippen molar-refractivity contribution in [3.63, 3.8) is 0 Å². The normalized spacial score (nSPS) is 17.5. The number of carbonyl (C=O) groups is 1. The SMILES string of the molecule is CN1C(=O)Cc2cc(CCN3CCN(c4nsc5ccccc45)CC3)ccc21. The summed E-state index contributed by atoms with van der Waals surface area (Å²) in [6.07, 6.45) is 1.57. The van der Waals surface area contributed by atoms with Gasteiger partial charge in [0, 0.05) is 50.8 Å². The number of amides is 1. The smallest absolute Gasteiger partial charge is 0.231 e. The van der Waals surface area contributed by atoms with Gasteiger partial charge in [-0.25, -0.2) is 0 Å². The minimum absolute atomic E-state index is 0.192. The molecule has 6 heteroatoms. The number of fused-ring (bicyclic) bond motifs is 2. The topological polar surface area (TPSA) is 39.7 Å². The standard InChI is InChI=1S/C22H24N4OS/c1-24-19-7-6-16(14-17(19)15-21(24)27)8-9-25-10-12-26(13-11-25)22-18-4-2-3-5-20(18)28-23-22/h2-7,14H,8-13,15H2,1H3. The van der Waals surface area contributed by atoms with E-state index in [2.05, 4.69) is 52.3 Å². The van der Waals surface area contributed by atoms with Gasteiger partial charge in [0.2, 0.25) is 5.91 Å². The molecule has 3 aromatic rings. The average molecular weight is 393 g/mol. The van der Waals surface area contributed by atoms with Crippen LogP contribution in [0.1, 0.15) is 11.1 Å². The molecule has 0 radical (unpaired) electrons. The fourth-order valence-corrected chi connectivity index (χ4v) is 5.05. The Hall–Kier alpha value is -2.44. The van der Waals surface area contributed by atoms with Crippen LogP contribution in [0.15, 0.2) is 42.5 Å². The monoisotopic (exact) mass is 392 g/mol. The second-order valence-electron chi connectivity index (χ2n) is 7.67. The van der Waals surface area contributed by atoms with Gasteiger partial charge in [-0.05, 0) is 47.3 Å². The first kappa shape index (κ1) is 17.6. The lowest BCUT2D eigenvalue weighted by molar-refractivity contribution is -0.117. The second kappa shape index (κ2) is 7.18. The van der Waals surface area contributed by atoms with Crippen molar-refractivity contribution in [1.29, 1.82) is 0 Å². The molecule has 2 aliphatic heterocycles. The molecule has 2 aromatic carbocycles. The van der Waals surface area contributed by atoms with Gasteiger partial charge in [0.25, 0.3) is 0 Å². The highest BCUT2D eigenvalue weighted by molar-refractivity contribution is 7.13. The highest BCUT2D eigenvalue weighted by Crippen LogP contribution is 2.30. The Labute approximate surface area is 169 Å². The molecule has 1 fully saturated rings. The highest BCUT2D eigenvalue weighted by atomic mass is 32.1. The fourth-order valence-electron chi connectivity index (χ4n) is 4.25. The number of likely N-dealkylation sites (N-methyl/N-ethyl adjacent to an activating group) is 1. The van der Waals surface area contributed by atoms with E-state index in [0.717, 1.165) is 50.6 Å². The summed E-state index contributed by atoms with van der Waals surface area (Å²) in [6.45, 7) is 5.25. The molecule has 28 heavy (non-hydrogen) atoms. The zero-order chi connectivity index (χ0) is 19.1. The molecule has 0 N–H and O–H groups in total. The average Bonchev–Trinajstić information content (AvgIpc) is 3.28. The van der Waals surface area contributed by atoms with E-state index in [9.17, 15) is 4.79 Å². The van der Waals surface area contributed by atoms with Crippen LogP contribution in [0.25, 0.3) is 10.1 Å². The van der Waals surface area contributed by atoms with Gasteiger partial charge >= 0.3 is 0 Å². The number of benzene rings is 2. The molecular weight excluding hydrogens is 368 g/mol. The van der Waals surface area contributed by atoms with Crippen molar-refractivity contribution in [2.24, 2.45) is 0 Å². The molecule has 3 heterocycles. The number of carbonyl (C=O) groups excluding carboxylic acids is 1. The molecule has 0 aliphatic carbocycles. The Morgan fingerprint density at radius 2 is 1.89 bits per heavy atom. The van der Waals surface area contributed by atoms with Crippen LogP contribution in [0.3, 0.4) is 0 Å². The third kappa shape index (κ3) is 3.16. The first-order valence-electron chi connectivity index (χ1n) is 9.89. The van der Waals surface area contributed by atoms with E-state index in [0.29, 0.717) is 6.42 Å². The fraction of sp³-hybridized carbons (Fsp3) is 0.364. The summed E-state index contributed by atoms with van der Waals surface area (Å²) in [6, 6.07) is 15.0. The minimum atomic E-state index is 0.192. The van der Waals surface area contributed by atoms with Gasteiger partial charge in [-0.15, -0.1) is 0 Å². The number of hydrogen-bond acceptors (Lipinski definition) is 5. The van der Waals surface area contributed by atoms with Gasteiger partial charge in [0.1, 0.15) is 5.82 Å². The Morgan fingerprint density at radius 1 is 1.07 bits per heavy atom. The van der Waals surface area contributed by atoms with Crippen LogP contribution in [0.2, 0.25) is 0 Å². The van der Waals surface area contributed by atoms with Crippen molar-refractivity contribution >= 4 is 39.0 Å². The summed E-state index contributed by atoms with van der Waals surface area (Å²) in [5.74, 6) is 1.34. The van der Waals surface area contributed by atoms with Gasteiger partial charge in [-0.2, -0.15) is 4.37 Å². The van der Waals surface area contributed by atoms with E-state index in [1.165, 1.54) is 21.2 Å². The molecule has 0 bridgehead atoms. The van der Waals surface area contributed by atoms with Crippen LogP contribution in [0.5, 0.6) is 0 Å². The maximum Gasteiger partial charge on any atom is 0.231 e. The number of nitrogens with zero attached hydrogens (tertiary/aromatic N) is 4. The van der Waals surface area contributed by atoms with Gasteiger partial charge in [0.15, 0.2) is 0 Å². The Balaban J connectivity index is 1.18. The lowest BCUT2D eigenvalue weighted by Crippen LogP contribution is -2.47. The molecule has 1 amide bonds. The molecule has 0 spiro atoms. The molecule has 0 unspecified atom stereocenters. The summed E-state index contributed by atoms with van der Waals surface area (Å²) in [7, 11) is 1.86.